The van der Waals surface area contributed by atoms with E-state index < -0.39 is 0 Å². The Kier molecular flexibility index (Phi) is 5.59. The number of rotatable bonds is 5. The number of anilines is 1. The molecule has 3 aromatic rings. The monoisotopic (exact) mass is 386 g/mol. The Morgan fingerprint density at radius 1 is 1.19 bits per heavy atom. The Bertz CT molecular complexity index is 912. The second-order valence-corrected chi connectivity index (χ2v) is 7.36. The molecule has 0 spiro atoms. The number of nitrogens with one attached hydrogen (secondary N) is 1. The summed E-state index contributed by atoms with van der Waals surface area (Å²) < 4.78 is 5.57. The lowest BCUT2D eigenvalue weighted by molar-refractivity contribution is -0.118. The summed E-state index contributed by atoms with van der Waals surface area (Å²) in [7, 11) is 0. The van der Waals surface area contributed by atoms with Gasteiger partial charge in [0.05, 0.1) is 10.7 Å². The molecule has 134 valence electrons. The summed E-state index contributed by atoms with van der Waals surface area (Å²) in [6, 6.07) is 11.3. The van der Waals surface area contributed by atoms with Crippen LogP contribution in [0.1, 0.15) is 16.8 Å². The fourth-order valence-corrected chi connectivity index (χ4v) is 3.75. The Balaban J connectivity index is 1.60. The Hall–Kier alpha value is -2.37. The summed E-state index contributed by atoms with van der Waals surface area (Å²) >= 11 is 7.82. The van der Waals surface area contributed by atoms with Gasteiger partial charge in [-0.15, -0.1) is 11.3 Å². The second kappa shape index (κ2) is 7.89. The topological polar surface area (TPSA) is 51.2 Å². The largest absolute Gasteiger partial charge is 0.484 e. The number of hydrogen-bond donors (Lipinski definition) is 1. The number of carbonyl (C=O) groups is 1. The molecule has 0 bridgehead atoms. The molecule has 1 aromatic heterocycles. The van der Waals surface area contributed by atoms with Crippen molar-refractivity contribution >= 4 is 34.5 Å². The number of amides is 1. The van der Waals surface area contributed by atoms with Crippen LogP contribution in [0.2, 0.25) is 5.02 Å². The minimum Gasteiger partial charge on any atom is -0.484 e. The summed E-state index contributed by atoms with van der Waals surface area (Å²) in [4.78, 5) is 16.6. The smallest absolute Gasteiger partial charge is 0.262 e. The maximum Gasteiger partial charge on any atom is 0.262 e. The van der Waals surface area contributed by atoms with Crippen molar-refractivity contribution in [2.75, 3.05) is 11.9 Å². The summed E-state index contributed by atoms with van der Waals surface area (Å²) in [5, 5.41) is 6.32. The van der Waals surface area contributed by atoms with E-state index in [4.69, 9.17) is 16.3 Å². The van der Waals surface area contributed by atoms with E-state index in [0.717, 1.165) is 27.4 Å². The van der Waals surface area contributed by atoms with Gasteiger partial charge in [-0.1, -0.05) is 17.7 Å². The SMILES string of the molecule is Cc1cc(C)c(NC(=O)COc2ccc(-c3nc(C)cs3)cc2)c(Cl)c1. The van der Waals surface area contributed by atoms with Crippen molar-refractivity contribution in [3.8, 4) is 16.3 Å². The molecule has 0 unspecified atom stereocenters. The normalized spacial score (nSPS) is 10.6. The van der Waals surface area contributed by atoms with Crippen molar-refractivity contribution in [1.82, 2.24) is 4.98 Å². The first-order valence-electron chi connectivity index (χ1n) is 8.14. The molecule has 26 heavy (non-hydrogen) atoms. The van der Waals surface area contributed by atoms with E-state index in [1.807, 2.05) is 62.5 Å². The number of carbonyl (C=O) groups excluding carboxylic acids is 1. The van der Waals surface area contributed by atoms with Crippen LogP contribution in [0.25, 0.3) is 10.6 Å². The van der Waals surface area contributed by atoms with Crippen molar-refractivity contribution in [1.29, 1.82) is 0 Å². The number of benzene rings is 2. The van der Waals surface area contributed by atoms with Crippen molar-refractivity contribution in [2.45, 2.75) is 20.8 Å². The van der Waals surface area contributed by atoms with Crippen LogP contribution < -0.4 is 10.1 Å². The number of aromatic nitrogens is 1. The van der Waals surface area contributed by atoms with Crippen molar-refractivity contribution in [3.63, 3.8) is 0 Å². The fourth-order valence-electron chi connectivity index (χ4n) is 2.58. The second-order valence-electron chi connectivity index (χ2n) is 6.09. The number of nitrogens with zero attached hydrogens (tertiary/aromatic N) is 1. The number of halogens is 1. The summed E-state index contributed by atoms with van der Waals surface area (Å²) in [5.41, 5.74) is 4.64. The first kappa shape index (κ1) is 18.4. The zero-order valence-electron chi connectivity index (χ0n) is 14.8. The molecule has 1 amide bonds. The molecule has 6 heteroatoms. The summed E-state index contributed by atoms with van der Waals surface area (Å²) in [6.07, 6.45) is 0. The molecule has 0 aliphatic heterocycles. The van der Waals surface area contributed by atoms with Gasteiger partial charge in [-0.2, -0.15) is 0 Å². The van der Waals surface area contributed by atoms with Gasteiger partial charge in [-0.05, 0) is 62.2 Å². The fraction of sp³-hybridized carbons (Fsp3) is 0.200. The third-order valence-corrected chi connectivity index (χ3v) is 5.09. The van der Waals surface area contributed by atoms with E-state index in [2.05, 4.69) is 10.3 Å². The average Bonchev–Trinajstić information content (AvgIpc) is 3.03. The van der Waals surface area contributed by atoms with Crippen LogP contribution in [0.15, 0.2) is 41.8 Å². The molecule has 0 radical (unpaired) electrons. The number of hydrogen-bond acceptors (Lipinski definition) is 4. The van der Waals surface area contributed by atoms with Gasteiger partial charge in [0.15, 0.2) is 6.61 Å². The molecule has 0 aliphatic rings. The van der Waals surface area contributed by atoms with Gasteiger partial charge in [0.1, 0.15) is 10.8 Å². The van der Waals surface area contributed by atoms with Gasteiger partial charge in [-0.3, -0.25) is 4.79 Å². The predicted molar refractivity (Wildman–Crippen MR) is 107 cm³/mol. The van der Waals surface area contributed by atoms with E-state index in [0.29, 0.717) is 16.5 Å². The quantitative estimate of drug-likeness (QED) is 0.638. The van der Waals surface area contributed by atoms with Crippen molar-refractivity contribution in [3.05, 3.63) is 63.6 Å². The van der Waals surface area contributed by atoms with Crippen LogP contribution in [0, 0.1) is 20.8 Å². The molecule has 0 saturated heterocycles. The molecule has 0 saturated carbocycles. The Labute approximate surface area is 161 Å². The zero-order chi connectivity index (χ0) is 18.7. The van der Waals surface area contributed by atoms with Gasteiger partial charge in [-0.25, -0.2) is 4.98 Å². The molecule has 2 aromatic carbocycles. The van der Waals surface area contributed by atoms with Gasteiger partial charge in [0.25, 0.3) is 5.91 Å². The van der Waals surface area contributed by atoms with Gasteiger partial charge in [0, 0.05) is 16.6 Å². The standard InChI is InChI=1S/C20H19ClN2O2S/c1-12-8-13(2)19(17(21)9-12)23-18(24)10-25-16-6-4-15(5-7-16)20-22-14(3)11-26-20/h4-9,11H,10H2,1-3H3,(H,23,24). The zero-order valence-corrected chi connectivity index (χ0v) is 16.4. The maximum atomic E-state index is 12.2. The minimum absolute atomic E-state index is 0.0840. The molecule has 0 aliphatic carbocycles. The van der Waals surface area contributed by atoms with Crippen LogP contribution in [0.3, 0.4) is 0 Å². The number of aryl methyl sites for hydroxylation is 3. The van der Waals surface area contributed by atoms with Gasteiger partial charge in [0.2, 0.25) is 0 Å². The van der Waals surface area contributed by atoms with Gasteiger partial charge < -0.3 is 10.1 Å². The van der Waals surface area contributed by atoms with Crippen LogP contribution in [0.4, 0.5) is 5.69 Å². The minimum atomic E-state index is -0.251. The lowest BCUT2D eigenvalue weighted by Gasteiger charge is -2.12. The maximum absolute atomic E-state index is 12.2. The van der Waals surface area contributed by atoms with E-state index in [9.17, 15) is 4.79 Å². The lowest BCUT2D eigenvalue weighted by atomic mass is 10.1. The molecule has 0 atom stereocenters. The first-order chi connectivity index (χ1) is 12.4. The molecule has 0 fully saturated rings. The highest BCUT2D eigenvalue weighted by molar-refractivity contribution is 7.13. The predicted octanol–water partition coefficient (Wildman–Crippen LogP) is 5.41. The lowest BCUT2D eigenvalue weighted by Crippen LogP contribution is -2.21. The van der Waals surface area contributed by atoms with Crippen LogP contribution >= 0.6 is 22.9 Å². The molecule has 1 heterocycles. The first-order valence-corrected chi connectivity index (χ1v) is 9.40. The van der Waals surface area contributed by atoms with E-state index in [1.54, 1.807) is 11.3 Å². The highest BCUT2D eigenvalue weighted by atomic mass is 35.5. The van der Waals surface area contributed by atoms with Gasteiger partial charge >= 0.3 is 0 Å². The third-order valence-electron chi connectivity index (χ3n) is 3.79. The summed E-state index contributed by atoms with van der Waals surface area (Å²) in [5.74, 6) is 0.377. The highest BCUT2D eigenvalue weighted by Crippen LogP contribution is 2.28. The van der Waals surface area contributed by atoms with Crippen molar-refractivity contribution in [2.24, 2.45) is 0 Å². The molecule has 3 rings (SSSR count). The van der Waals surface area contributed by atoms with E-state index >= 15 is 0 Å². The average molecular weight is 387 g/mol. The molecule has 4 nitrogen and oxygen atoms in total. The Morgan fingerprint density at radius 3 is 2.54 bits per heavy atom. The van der Waals surface area contributed by atoms with Crippen LogP contribution in [-0.2, 0) is 4.79 Å². The van der Waals surface area contributed by atoms with Crippen molar-refractivity contribution < 1.29 is 9.53 Å². The molecular weight excluding hydrogens is 368 g/mol. The van der Waals surface area contributed by atoms with E-state index in [1.165, 1.54) is 0 Å². The third kappa shape index (κ3) is 4.42. The summed E-state index contributed by atoms with van der Waals surface area (Å²) in [6.45, 7) is 5.76. The highest BCUT2D eigenvalue weighted by Gasteiger charge is 2.10. The molecule has 1 N–H and O–H groups in total. The van der Waals surface area contributed by atoms with Crippen LogP contribution in [0.5, 0.6) is 5.75 Å². The molecular formula is C20H19ClN2O2S. The van der Waals surface area contributed by atoms with Crippen LogP contribution in [-0.4, -0.2) is 17.5 Å². The number of ether oxygens (including phenoxy) is 1. The number of thiazole rings is 1. The Morgan fingerprint density at radius 2 is 1.92 bits per heavy atom. The van der Waals surface area contributed by atoms with E-state index in [-0.39, 0.29) is 12.5 Å².